The highest BCUT2D eigenvalue weighted by atomic mass is 16.5. The molecule has 8 aliphatic carbocycles. The molecule has 7 nitrogen and oxygen atoms in total. The Bertz CT molecular complexity index is 3180. The molecule has 3 N–H and O–H groups in total. The Hall–Kier alpha value is -4.74. The zero-order valence-corrected chi connectivity index (χ0v) is 49.6. The van der Waals surface area contributed by atoms with Crippen molar-refractivity contribution in [3.05, 3.63) is 130 Å². The van der Waals surface area contributed by atoms with E-state index >= 15 is 4.79 Å². The number of aliphatic hydroxyl groups is 3. The van der Waals surface area contributed by atoms with E-state index in [1.807, 2.05) is 0 Å². The molecular weight excluding hydrogens is 1010 g/mol. The van der Waals surface area contributed by atoms with Crippen LogP contribution in [-0.4, -0.2) is 57.8 Å². The van der Waals surface area contributed by atoms with E-state index in [1.165, 1.54) is 66.8 Å². The third-order valence-electron chi connectivity index (χ3n) is 26.1. The van der Waals surface area contributed by atoms with Crippen molar-refractivity contribution in [2.45, 2.75) is 235 Å². The molecule has 16 atom stereocenters. The average Bonchev–Trinajstić information content (AvgIpc) is 2.71. The van der Waals surface area contributed by atoms with Gasteiger partial charge >= 0.3 is 11.9 Å². The van der Waals surface area contributed by atoms with Crippen molar-refractivity contribution in [3.8, 4) is 11.8 Å². The Kier molecular flexibility index (Phi) is 14.0. The van der Waals surface area contributed by atoms with Crippen molar-refractivity contribution >= 4 is 22.7 Å². The zero-order chi connectivity index (χ0) is 56.3. The highest BCUT2D eigenvalue weighted by Crippen LogP contribution is 2.77. The van der Waals surface area contributed by atoms with Crippen LogP contribution in [0.15, 0.2) is 103 Å². The van der Waals surface area contributed by atoms with Crippen LogP contribution >= 0.6 is 0 Å². The van der Waals surface area contributed by atoms with Crippen LogP contribution in [0.5, 0.6) is 0 Å². The summed E-state index contributed by atoms with van der Waals surface area (Å²) in [5.41, 5.74) is 3.05. The van der Waals surface area contributed by atoms with Crippen LogP contribution in [0.1, 0.15) is 227 Å². The van der Waals surface area contributed by atoms with E-state index in [0.29, 0.717) is 62.2 Å². The summed E-state index contributed by atoms with van der Waals surface area (Å²) in [5.74, 6) is 8.55. The molecule has 10 aliphatic rings. The maximum atomic E-state index is 15.5. The van der Waals surface area contributed by atoms with E-state index in [0.717, 1.165) is 82.6 Å². The molecule has 6 saturated carbocycles. The van der Waals surface area contributed by atoms with E-state index in [9.17, 15) is 20.1 Å². The van der Waals surface area contributed by atoms with Gasteiger partial charge in [-0.2, -0.15) is 0 Å². The van der Waals surface area contributed by atoms with Crippen LogP contribution in [0.4, 0.5) is 0 Å². The lowest BCUT2D eigenvalue weighted by atomic mass is 9.34. The molecule has 4 aromatic carbocycles. The Morgan fingerprint density at radius 1 is 0.744 bits per heavy atom. The summed E-state index contributed by atoms with van der Waals surface area (Å²) in [4.78, 5) is 28.2. The maximum absolute atomic E-state index is 15.5. The van der Waals surface area contributed by atoms with Crippen molar-refractivity contribution in [2.75, 3.05) is 6.61 Å². The molecule has 2 spiro atoms. The van der Waals surface area contributed by atoms with Gasteiger partial charge in [0.2, 0.25) is 0 Å². The predicted molar refractivity (Wildman–Crippen MR) is 323 cm³/mol. The van der Waals surface area contributed by atoms with E-state index < -0.39 is 51.5 Å². The highest BCUT2D eigenvalue weighted by Gasteiger charge is 2.78. The summed E-state index contributed by atoms with van der Waals surface area (Å²) in [5, 5.41) is 45.4. The standard InChI is InChI=1S/C75H92O7/c1-49(18-15-21-50-19-7-4-8-20-50)27-30-61(76)75-62(77)34-40-70(3,67(75)60-47-69(2,74(75,80)43-31-51-44-63(78)81-48-51)35-17-38-71(68(79)82-60)36-12-6-13-37-71)55-33-42-72-41-32-53-46-73(54-23-9-5-10-24-54)39-14-11-26-58(73)57-29-28-52-22-16-25-56(59(72)45-55)64(52)65(57)66(53)72/h4-5,7-10,16,19-20,22-25,28-29,44,49,53,55,58-62,66-67,76-77,80H,6,11-15,18,21,26-27,30-34,36-43,45-48H2,1-3H3. The minimum Gasteiger partial charge on any atom is -0.462 e. The molecule has 4 aromatic rings. The number of ether oxygens (including phenoxy) is 2. The second kappa shape index (κ2) is 20.8. The Morgan fingerprint density at radius 3 is 2.32 bits per heavy atom. The Labute approximate surface area is 489 Å². The minimum absolute atomic E-state index is 0.107. The van der Waals surface area contributed by atoms with Crippen LogP contribution in [-0.2, 0) is 30.9 Å². The molecule has 0 amide bonds. The number of cyclic esters (lactones) is 1. The number of aliphatic hydroxyl groups excluding tert-OH is 2. The molecule has 434 valence electrons. The number of carbonyl (C=O) groups excluding carboxylic acids is 2. The summed E-state index contributed by atoms with van der Waals surface area (Å²) in [6, 6.07) is 34.7. The molecule has 2 heterocycles. The van der Waals surface area contributed by atoms with Crippen molar-refractivity contribution in [1.29, 1.82) is 0 Å². The summed E-state index contributed by atoms with van der Waals surface area (Å²) in [6.07, 6.45) is 21.5. The van der Waals surface area contributed by atoms with Gasteiger partial charge in [-0.25, -0.2) is 4.79 Å². The fourth-order valence-corrected chi connectivity index (χ4v) is 22.3. The van der Waals surface area contributed by atoms with Crippen molar-refractivity contribution in [2.24, 2.45) is 50.7 Å². The van der Waals surface area contributed by atoms with Gasteiger partial charge < -0.3 is 24.8 Å². The molecular formula is C75H92O7. The van der Waals surface area contributed by atoms with E-state index in [2.05, 4.69) is 124 Å². The largest absolute Gasteiger partial charge is 0.462 e. The molecule has 2 aliphatic heterocycles. The van der Waals surface area contributed by atoms with Crippen LogP contribution in [0.2, 0.25) is 0 Å². The molecule has 82 heavy (non-hydrogen) atoms. The van der Waals surface area contributed by atoms with E-state index in [4.69, 9.17) is 9.47 Å². The monoisotopic (exact) mass is 1100 g/mol. The molecule has 2 bridgehead atoms. The van der Waals surface area contributed by atoms with E-state index in [-0.39, 0.29) is 47.6 Å². The summed E-state index contributed by atoms with van der Waals surface area (Å²) in [6.45, 7) is 6.97. The molecule has 0 radical (unpaired) electrons. The lowest BCUT2D eigenvalue weighted by Crippen LogP contribution is -2.79. The van der Waals surface area contributed by atoms with Crippen molar-refractivity contribution in [3.63, 3.8) is 0 Å². The number of esters is 2. The Balaban J connectivity index is 0.894. The lowest BCUT2D eigenvalue weighted by molar-refractivity contribution is -0.340. The van der Waals surface area contributed by atoms with E-state index in [1.54, 1.807) is 22.8 Å². The quantitative estimate of drug-likeness (QED) is 0.0903. The lowest BCUT2D eigenvalue weighted by Gasteiger charge is -2.72. The molecule has 6 fully saturated rings. The third kappa shape index (κ3) is 8.25. The molecule has 14 rings (SSSR count). The molecule has 7 heteroatoms. The summed E-state index contributed by atoms with van der Waals surface area (Å²) < 4.78 is 12.9. The number of fused-ring (bicyclic) bond motifs is 7. The van der Waals surface area contributed by atoms with Gasteiger partial charge in [0, 0.05) is 30.3 Å². The number of hydrogen-bond acceptors (Lipinski definition) is 7. The van der Waals surface area contributed by atoms with Gasteiger partial charge in [-0.1, -0.05) is 149 Å². The van der Waals surface area contributed by atoms with Crippen molar-refractivity contribution < 1.29 is 34.4 Å². The normalized spacial score (nSPS) is 39.3. The van der Waals surface area contributed by atoms with Gasteiger partial charge in [0.05, 0.1) is 34.1 Å². The number of benzene rings is 4. The fraction of sp³-hybridized carbons (Fsp3) is 0.627. The summed E-state index contributed by atoms with van der Waals surface area (Å²) in [7, 11) is 0. The van der Waals surface area contributed by atoms with Gasteiger partial charge in [-0.3, -0.25) is 4.79 Å². The molecule has 16 unspecified atom stereocenters. The topological polar surface area (TPSA) is 113 Å². The van der Waals surface area contributed by atoms with Gasteiger partial charge in [0.25, 0.3) is 0 Å². The Morgan fingerprint density at radius 2 is 1.52 bits per heavy atom. The first kappa shape index (κ1) is 55.2. The summed E-state index contributed by atoms with van der Waals surface area (Å²) >= 11 is 0. The van der Waals surface area contributed by atoms with Crippen LogP contribution in [0, 0.1) is 62.6 Å². The zero-order valence-electron chi connectivity index (χ0n) is 49.6. The smallest absolute Gasteiger partial charge is 0.331 e. The number of rotatable bonds is 13. The average molecular weight is 1110 g/mol. The first-order chi connectivity index (χ1) is 39.7. The van der Waals surface area contributed by atoms with Gasteiger partial charge in [0.15, 0.2) is 0 Å². The number of aryl methyl sites for hydroxylation is 1. The second-order valence-electron chi connectivity index (χ2n) is 29.7. The van der Waals surface area contributed by atoms with Gasteiger partial charge in [0.1, 0.15) is 12.7 Å². The maximum Gasteiger partial charge on any atom is 0.331 e. The number of carbonyl (C=O) groups is 2. The van der Waals surface area contributed by atoms with Gasteiger partial charge in [-0.15, -0.1) is 5.92 Å². The van der Waals surface area contributed by atoms with Crippen LogP contribution in [0.25, 0.3) is 10.8 Å². The fourth-order valence-electron chi connectivity index (χ4n) is 22.3. The predicted octanol–water partition coefficient (Wildman–Crippen LogP) is 15.5. The highest BCUT2D eigenvalue weighted by molar-refractivity contribution is 5.93. The minimum atomic E-state index is -1.75. The molecule has 0 saturated heterocycles. The van der Waals surface area contributed by atoms with Crippen LogP contribution in [0.3, 0.4) is 0 Å². The SMILES string of the molecule is CC(CCCc1ccccc1)CCC(O)C12C(O)CCC(C)(C3CCC45CCC6CC7(c8ccccc8)CCCCC7c7ccc8cccc(c8c7C64)C5C3)C1C1CC(C)(C#CCC3(CCCCC3)C(=O)O1)C2(O)CCC1=CC(=O)OC1. The first-order valence-corrected chi connectivity index (χ1v) is 33.0. The second-order valence-corrected chi connectivity index (χ2v) is 29.7. The van der Waals surface area contributed by atoms with Crippen LogP contribution < -0.4 is 0 Å². The molecule has 0 aromatic heterocycles. The first-order valence-electron chi connectivity index (χ1n) is 33.0. The van der Waals surface area contributed by atoms with Crippen molar-refractivity contribution in [1.82, 2.24) is 0 Å². The van der Waals surface area contributed by atoms with Gasteiger partial charge in [-0.05, 0) is 213 Å². The number of hydrogen-bond donors (Lipinski definition) is 3. The third-order valence-corrected chi connectivity index (χ3v) is 26.1.